The summed E-state index contributed by atoms with van der Waals surface area (Å²) in [6, 6.07) is 16.9. The molecule has 0 bridgehead atoms. The molecule has 0 radical (unpaired) electrons. The molecule has 30 heavy (non-hydrogen) atoms. The Morgan fingerprint density at radius 2 is 1.63 bits per heavy atom. The van der Waals surface area contributed by atoms with Crippen LogP contribution in [0.2, 0.25) is 0 Å². The number of aryl methyl sites for hydroxylation is 1. The molecule has 1 amide bonds. The molecule has 0 aliphatic rings. The number of nitrogens with zero attached hydrogens (tertiary/aromatic N) is 2. The molecule has 0 saturated carbocycles. The molecule has 1 aromatic heterocycles. The Morgan fingerprint density at radius 3 is 2.27 bits per heavy atom. The third-order valence-electron chi connectivity index (χ3n) is 4.49. The second-order valence-electron chi connectivity index (χ2n) is 6.70. The number of amides is 1. The highest BCUT2D eigenvalue weighted by Crippen LogP contribution is 2.24. The lowest BCUT2D eigenvalue weighted by atomic mass is 10.2. The number of benzene rings is 2. The monoisotopic (exact) mass is 425 g/mol. The van der Waals surface area contributed by atoms with Crippen LogP contribution in [0.1, 0.15) is 11.1 Å². The van der Waals surface area contributed by atoms with Crippen LogP contribution in [-0.2, 0) is 21.4 Å². The van der Waals surface area contributed by atoms with Crippen molar-refractivity contribution < 1.29 is 17.9 Å². The molecule has 7 nitrogen and oxygen atoms in total. The maximum absolute atomic E-state index is 12.8. The van der Waals surface area contributed by atoms with E-state index in [0.717, 1.165) is 11.1 Å². The predicted molar refractivity (Wildman–Crippen MR) is 115 cm³/mol. The molecule has 1 heterocycles. The van der Waals surface area contributed by atoms with Gasteiger partial charge >= 0.3 is 0 Å². The van der Waals surface area contributed by atoms with Crippen molar-refractivity contribution in [2.75, 3.05) is 18.0 Å². The molecule has 2 aromatic carbocycles. The van der Waals surface area contributed by atoms with Crippen molar-refractivity contribution in [1.82, 2.24) is 10.3 Å². The average molecular weight is 426 g/mol. The molecule has 3 rings (SSSR count). The van der Waals surface area contributed by atoms with Gasteiger partial charge in [0.1, 0.15) is 5.75 Å². The van der Waals surface area contributed by atoms with Crippen LogP contribution in [0.15, 0.2) is 78.0 Å². The summed E-state index contributed by atoms with van der Waals surface area (Å²) in [5, 5.41) is 2.76. The van der Waals surface area contributed by atoms with Crippen molar-refractivity contribution in [1.29, 1.82) is 0 Å². The molecule has 0 fully saturated rings. The summed E-state index contributed by atoms with van der Waals surface area (Å²) < 4.78 is 32.2. The van der Waals surface area contributed by atoms with Gasteiger partial charge in [0.05, 0.1) is 10.6 Å². The first kappa shape index (κ1) is 21.3. The van der Waals surface area contributed by atoms with Crippen molar-refractivity contribution in [2.24, 2.45) is 0 Å². The SMILES string of the molecule is Cc1ccc(S(=O)(=O)N(C)c2ccc(OCC(=O)NCc3ccncc3)cc2)cc1. The first-order valence-electron chi connectivity index (χ1n) is 9.30. The molecule has 0 saturated heterocycles. The van der Waals surface area contributed by atoms with Gasteiger partial charge in [0.15, 0.2) is 6.61 Å². The Labute approximate surface area is 176 Å². The van der Waals surface area contributed by atoms with Gasteiger partial charge in [0.25, 0.3) is 15.9 Å². The summed E-state index contributed by atoms with van der Waals surface area (Å²) >= 11 is 0. The van der Waals surface area contributed by atoms with Gasteiger partial charge in [-0.1, -0.05) is 17.7 Å². The van der Waals surface area contributed by atoms with Gasteiger partial charge in [-0.2, -0.15) is 0 Å². The second-order valence-corrected chi connectivity index (χ2v) is 8.67. The minimum absolute atomic E-state index is 0.137. The fourth-order valence-electron chi connectivity index (χ4n) is 2.66. The maximum Gasteiger partial charge on any atom is 0.264 e. The summed E-state index contributed by atoms with van der Waals surface area (Å²) in [6.45, 7) is 2.16. The molecular formula is C22H23N3O4S. The number of sulfonamides is 1. The van der Waals surface area contributed by atoms with E-state index in [4.69, 9.17) is 4.74 Å². The second kappa shape index (κ2) is 9.41. The third kappa shape index (κ3) is 5.36. The van der Waals surface area contributed by atoms with E-state index in [1.165, 1.54) is 11.4 Å². The average Bonchev–Trinajstić information content (AvgIpc) is 2.77. The molecule has 0 aliphatic carbocycles. The van der Waals surface area contributed by atoms with Crippen molar-refractivity contribution in [3.05, 3.63) is 84.2 Å². The van der Waals surface area contributed by atoms with Crippen LogP contribution in [0.4, 0.5) is 5.69 Å². The summed E-state index contributed by atoms with van der Waals surface area (Å²) in [5.74, 6) is 0.217. The molecule has 3 aromatic rings. The van der Waals surface area contributed by atoms with Crippen LogP contribution < -0.4 is 14.4 Å². The number of aromatic nitrogens is 1. The molecule has 0 aliphatic heterocycles. The summed E-state index contributed by atoms with van der Waals surface area (Å²) in [4.78, 5) is 16.1. The van der Waals surface area contributed by atoms with E-state index in [1.807, 2.05) is 19.1 Å². The number of nitrogens with one attached hydrogen (secondary N) is 1. The van der Waals surface area contributed by atoms with Crippen molar-refractivity contribution in [2.45, 2.75) is 18.4 Å². The predicted octanol–water partition coefficient (Wildman–Crippen LogP) is 2.91. The zero-order valence-electron chi connectivity index (χ0n) is 16.8. The van der Waals surface area contributed by atoms with Gasteiger partial charge in [0.2, 0.25) is 0 Å². The lowest BCUT2D eigenvalue weighted by molar-refractivity contribution is -0.123. The quantitative estimate of drug-likeness (QED) is 0.600. The van der Waals surface area contributed by atoms with Crippen LogP contribution in [0.5, 0.6) is 5.75 Å². The molecule has 0 spiro atoms. The molecule has 0 unspecified atom stereocenters. The van der Waals surface area contributed by atoms with E-state index < -0.39 is 10.0 Å². The number of anilines is 1. The summed E-state index contributed by atoms with van der Waals surface area (Å²) in [5.41, 5.74) is 2.42. The van der Waals surface area contributed by atoms with Crippen molar-refractivity contribution in [3.8, 4) is 5.75 Å². The lowest BCUT2D eigenvalue weighted by Crippen LogP contribution is -2.28. The van der Waals surface area contributed by atoms with E-state index in [9.17, 15) is 13.2 Å². The highest BCUT2D eigenvalue weighted by atomic mass is 32.2. The van der Waals surface area contributed by atoms with Gasteiger partial charge in [-0.15, -0.1) is 0 Å². The van der Waals surface area contributed by atoms with Gasteiger partial charge < -0.3 is 10.1 Å². The van der Waals surface area contributed by atoms with Gasteiger partial charge in [-0.05, 0) is 61.0 Å². The topological polar surface area (TPSA) is 88.6 Å². The number of carbonyl (C=O) groups is 1. The number of hydrogen-bond donors (Lipinski definition) is 1. The fourth-order valence-corrected chi connectivity index (χ4v) is 3.86. The van der Waals surface area contributed by atoms with Crippen LogP contribution in [0.3, 0.4) is 0 Å². The Bertz CT molecular complexity index is 1080. The van der Waals surface area contributed by atoms with Crippen LogP contribution in [-0.4, -0.2) is 33.0 Å². The van der Waals surface area contributed by atoms with Gasteiger partial charge in [0, 0.05) is 26.0 Å². The zero-order valence-corrected chi connectivity index (χ0v) is 17.6. The van der Waals surface area contributed by atoms with E-state index >= 15 is 0 Å². The van der Waals surface area contributed by atoms with E-state index in [2.05, 4.69) is 10.3 Å². The Balaban J connectivity index is 1.56. The normalized spacial score (nSPS) is 11.0. The van der Waals surface area contributed by atoms with Crippen molar-refractivity contribution in [3.63, 3.8) is 0 Å². The summed E-state index contributed by atoms with van der Waals surface area (Å²) in [7, 11) is -2.16. The van der Waals surface area contributed by atoms with Gasteiger partial charge in [-0.25, -0.2) is 8.42 Å². The highest BCUT2D eigenvalue weighted by molar-refractivity contribution is 7.92. The number of pyridine rings is 1. The Kier molecular flexibility index (Phi) is 6.68. The number of ether oxygens (including phenoxy) is 1. The van der Waals surface area contributed by atoms with Crippen LogP contribution in [0, 0.1) is 6.92 Å². The maximum atomic E-state index is 12.8. The number of carbonyl (C=O) groups excluding carboxylic acids is 1. The van der Waals surface area contributed by atoms with Crippen LogP contribution in [0.25, 0.3) is 0 Å². The Hall–Kier alpha value is -3.39. The lowest BCUT2D eigenvalue weighted by Gasteiger charge is -2.20. The molecule has 1 N–H and O–H groups in total. The number of hydrogen-bond acceptors (Lipinski definition) is 5. The molecular weight excluding hydrogens is 402 g/mol. The van der Waals surface area contributed by atoms with E-state index in [1.54, 1.807) is 60.9 Å². The number of rotatable bonds is 8. The minimum atomic E-state index is -3.66. The molecule has 156 valence electrons. The standard InChI is InChI=1S/C22H23N3O4S/c1-17-3-9-21(10-4-17)30(27,28)25(2)19-5-7-20(8-6-19)29-16-22(26)24-15-18-11-13-23-14-12-18/h3-14H,15-16H2,1-2H3,(H,24,26). The first-order chi connectivity index (χ1) is 14.4. The van der Waals surface area contributed by atoms with Gasteiger partial charge in [-0.3, -0.25) is 14.1 Å². The zero-order chi connectivity index (χ0) is 21.6. The minimum Gasteiger partial charge on any atom is -0.484 e. The van der Waals surface area contributed by atoms with E-state index in [0.29, 0.717) is 18.0 Å². The van der Waals surface area contributed by atoms with Crippen LogP contribution >= 0.6 is 0 Å². The smallest absolute Gasteiger partial charge is 0.264 e. The fraction of sp³-hybridized carbons (Fsp3) is 0.182. The largest absolute Gasteiger partial charge is 0.484 e. The Morgan fingerprint density at radius 1 is 1.00 bits per heavy atom. The summed E-state index contributed by atoms with van der Waals surface area (Å²) in [6.07, 6.45) is 3.32. The molecule has 8 heteroatoms. The van der Waals surface area contributed by atoms with E-state index in [-0.39, 0.29) is 17.4 Å². The van der Waals surface area contributed by atoms with Crippen molar-refractivity contribution >= 4 is 21.6 Å². The first-order valence-corrected chi connectivity index (χ1v) is 10.7. The highest BCUT2D eigenvalue weighted by Gasteiger charge is 2.21. The third-order valence-corrected chi connectivity index (χ3v) is 6.29. The molecule has 0 atom stereocenters.